The molecule has 0 aliphatic heterocycles. The number of carbonyl (C=O) groups is 1. The molecule has 0 saturated heterocycles. The SMILES string of the molecule is CCOc1cccc2cc(C(=O)c3cc4cccc(OCC)c4sc3=O)c(=O)sc12. The Hall–Kier alpha value is -3.03. The highest BCUT2D eigenvalue weighted by atomic mass is 32.1. The third kappa shape index (κ3) is 3.62. The van der Waals surface area contributed by atoms with Gasteiger partial charge in [-0.05, 0) is 48.9 Å². The molecule has 0 unspecified atom stereocenters. The molecule has 0 amide bonds. The zero-order valence-corrected chi connectivity index (χ0v) is 18.0. The molecular formula is C23H18O5S2. The monoisotopic (exact) mass is 438 g/mol. The first-order valence-corrected chi connectivity index (χ1v) is 11.1. The van der Waals surface area contributed by atoms with E-state index in [4.69, 9.17) is 9.47 Å². The van der Waals surface area contributed by atoms with E-state index in [1.165, 1.54) is 0 Å². The number of fused-ring (bicyclic) bond motifs is 2. The van der Waals surface area contributed by atoms with Crippen molar-refractivity contribution in [2.24, 2.45) is 0 Å². The van der Waals surface area contributed by atoms with Crippen LogP contribution in [0.25, 0.3) is 20.2 Å². The summed E-state index contributed by atoms with van der Waals surface area (Å²) in [5.41, 5.74) is -0.0171. The van der Waals surface area contributed by atoms with Crippen LogP contribution < -0.4 is 19.0 Å². The summed E-state index contributed by atoms with van der Waals surface area (Å²) in [6, 6.07) is 13.9. The molecule has 2 heterocycles. The van der Waals surface area contributed by atoms with Gasteiger partial charge in [0.25, 0.3) is 0 Å². The van der Waals surface area contributed by atoms with Crippen molar-refractivity contribution < 1.29 is 14.3 Å². The summed E-state index contributed by atoms with van der Waals surface area (Å²) in [5.74, 6) is 0.652. The summed E-state index contributed by atoms with van der Waals surface area (Å²) >= 11 is 1.91. The van der Waals surface area contributed by atoms with Gasteiger partial charge in [-0.15, -0.1) is 0 Å². The molecule has 0 radical (unpaired) electrons. The van der Waals surface area contributed by atoms with Crippen LogP contribution in [0, 0.1) is 0 Å². The van der Waals surface area contributed by atoms with Gasteiger partial charge in [-0.3, -0.25) is 14.4 Å². The molecule has 2 aromatic carbocycles. The van der Waals surface area contributed by atoms with Crippen LogP contribution in [-0.4, -0.2) is 19.0 Å². The molecule has 0 bridgehead atoms. The molecule has 0 fully saturated rings. The fraction of sp³-hybridized carbons (Fsp3) is 0.174. The summed E-state index contributed by atoms with van der Waals surface area (Å²) in [6.07, 6.45) is 0. The average Bonchev–Trinajstić information content (AvgIpc) is 2.74. The van der Waals surface area contributed by atoms with Gasteiger partial charge in [0.05, 0.1) is 33.7 Å². The summed E-state index contributed by atoms with van der Waals surface area (Å²) < 4.78 is 11.7. The molecular weight excluding hydrogens is 420 g/mol. The smallest absolute Gasteiger partial charge is 0.244 e. The lowest BCUT2D eigenvalue weighted by Gasteiger charge is -2.08. The molecule has 7 heteroatoms. The van der Waals surface area contributed by atoms with Crippen LogP contribution in [0.15, 0.2) is 58.1 Å². The summed E-state index contributed by atoms with van der Waals surface area (Å²) in [7, 11) is 0. The molecule has 4 aromatic rings. The summed E-state index contributed by atoms with van der Waals surface area (Å²) in [4.78, 5) is 38.6. The highest BCUT2D eigenvalue weighted by Crippen LogP contribution is 2.30. The number of carbonyl (C=O) groups excluding carboxylic acids is 1. The van der Waals surface area contributed by atoms with Gasteiger partial charge in [-0.1, -0.05) is 46.9 Å². The number of rotatable bonds is 6. The Bertz CT molecular complexity index is 1280. The van der Waals surface area contributed by atoms with Gasteiger partial charge in [-0.25, -0.2) is 0 Å². The van der Waals surface area contributed by atoms with Crippen LogP contribution in [0.2, 0.25) is 0 Å². The van der Waals surface area contributed by atoms with Crippen LogP contribution in [0.5, 0.6) is 11.5 Å². The minimum atomic E-state index is -0.565. The Morgan fingerprint density at radius 3 is 1.60 bits per heavy atom. The molecule has 4 rings (SSSR count). The molecule has 0 aliphatic carbocycles. The zero-order chi connectivity index (χ0) is 21.3. The number of ketones is 1. The van der Waals surface area contributed by atoms with Gasteiger partial charge in [-0.2, -0.15) is 0 Å². The van der Waals surface area contributed by atoms with E-state index in [0.29, 0.717) is 34.1 Å². The van der Waals surface area contributed by atoms with Crippen molar-refractivity contribution in [2.75, 3.05) is 13.2 Å². The van der Waals surface area contributed by atoms with Gasteiger partial charge < -0.3 is 9.47 Å². The molecule has 0 atom stereocenters. The van der Waals surface area contributed by atoms with E-state index in [2.05, 4.69) is 0 Å². The predicted molar refractivity (Wildman–Crippen MR) is 122 cm³/mol. The van der Waals surface area contributed by atoms with Crippen molar-refractivity contribution in [2.45, 2.75) is 13.8 Å². The average molecular weight is 439 g/mol. The number of benzene rings is 2. The van der Waals surface area contributed by atoms with Gasteiger partial charge in [0.1, 0.15) is 11.5 Å². The third-order valence-electron chi connectivity index (χ3n) is 4.54. The second kappa shape index (κ2) is 8.38. The molecule has 0 aliphatic rings. The van der Waals surface area contributed by atoms with Crippen molar-refractivity contribution in [1.29, 1.82) is 0 Å². The molecule has 5 nitrogen and oxygen atoms in total. The lowest BCUT2D eigenvalue weighted by Crippen LogP contribution is -2.18. The first-order chi connectivity index (χ1) is 14.5. The molecule has 2 aromatic heterocycles. The van der Waals surface area contributed by atoms with E-state index in [1.807, 2.05) is 38.1 Å². The lowest BCUT2D eigenvalue weighted by atomic mass is 10.1. The fourth-order valence-electron chi connectivity index (χ4n) is 3.24. The standard InChI is InChI=1S/C23H18O5S2/c1-3-27-17-9-5-7-13-11-15(22(25)29-20(13)17)19(24)16-12-14-8-6-10-18(28-4-2)21(14)30-23(16)26/h5-12H,3-4H2,1-2H3. The second-order valence-electron chi connectivity index (χ2n) is 6.44. The van der Waals surface area contributed by atoms with Gasteiger partial charge >= 0.3 is 0 Å². The molecule has 152 valence electrons. The first-order valence-electron chi connectivity index (χ1n) is 9.47. The van der Waals surface area contributed by atoms with Gasteiger partial charge in [0.15, 0.2) is 0 Å². The minimum Gasteiger partial charge on any atom is -0.492 e. The minimum absolute atomic E-state index is 0.00855. The quantitative estimate of drug-likeness (QED) is 0.402. The number of hydrogen-bond acceptors (Lipinski definition) is 7. The van der Waals surface area contributed by atoms with Crippen LogP contribution in [-0.2, 0) is 0 Å². The maximum atomic E-state index is 13.1. The topological polar surface area (TPSA) is 69.7 Å². The van der Waals surface area contributed by atoms with Gasteiger partial charge in [0.2, 0.25) is 15.3 Å². The molecule has 0 N–H and O–H groups in total. The Morgan fingerprint density at radius 2 is 1.20 bits per heavy atom. The maximum absolute atomic E-state index is 13.1. The van der Waals surface area contributed by atoms with E-state index in [9.17, 15) is 14.4 Å². The van der Waals surface area contributed by atoms with Crippen LogP contribution >= 0.6 is 22.7 Å². The molecule has 30 heavy (non-hydrogen) atoms. The van der Waals surface area contributed by atoms with E-state index < -0.39 is 15.3 Å². The first kappa shape index (κ1) is 20.3. The van der Waals surface area contributed by atoms with Crippen LogP contribution in [0.1, 0.15) is 29.8 Å². The predicted octanol–water partition coefficient (Wildman–Crippen LogP) is 4.86. The van der Waals surface area contributed by atoms with Crippen molar-refractivity contribution in [1.82, 2.24) is 0 Å². The largest absolute Gasteiger partial charge is 0.492 e. The fourth-order valence-corrected chi connectivity index (χ4v) is 5.07. The maximum Gasteiger partial charge on any atom is 0.244 e. The van der Waals surface area contributed by atoms with Crippen LogP contribution in [0.3, 0.4) is 0 Å². The van der Waals surface area contributed by atoms with Crippen molar-refractivity contribution >= 4 is 48.6 Å². The number of hydrogen-bond donors (Lipinski definition) is 0. The number of ether oxygens (including phenoxy) is 2. The van der Waals surface area contributed by atoms with Crippen molar-refractivity contribution in [3.05, 3.63) is 78.7 Å². The van der Waals surface area contributed by atoms with Crippen LogP contribution in [0.4, 0.5) is 0 Å². The van der Waals surface area contributed by atoms with E-state index >= 15 is 0 Å². The van der Waals surface area contributed by atoms with Gasteiger partial charge in [0, 0.05) is 0 Å². The normalized spacial score (nSPS) is 11.0. The van der Waals surface area contributed by atoms with E-state index in [0.717, 1.165) is 33.4 Å². The second-order valence-corrected chi connectivity index (χ2v) is 8.41. The van der Waals surface area contributed by atoms with E-state index in [1.54, 1.807) is 24.3 Å². The summed E-state index contributed by atoms with van der Waals surface area (Å²) in [6.45, 7) is 4.69. The Labute approximate surface area is 180 Å². The highest BCUT2D eigenvalue weighted by molar-refractivity contribution is 7.17. The lowest BCUT2D eigenvalue weighted by molar-refractivity contribution is 0.103. The van der Waals surface area contributed by atoms with Crippen molar-refractivity contribution in [3.63, 3.8) is 0 Å². The zero-order valence-electron chi connectivity index (χ0n) is 16.4. The Balaban J connectivity index is 1.85. The highest BCUT2D eigenvalue weighted by Gasteiger charge is 2.20. The third-order valence-corrected chi connectivity index (χ3v) is 6.63. The van der Waals surface area contributed by atoms with Crippen molar-refractivity contribution in [3.8, 4) is 11.5 Å². The van der Waals surface area contributed by atoms with E-state index in [-0.39, 0.29) is 11.1 Å². The molecule has 0 spiro atoms. The Kier molecular flexibility index (Phi) is 5.65. The summed E-state index contributed by atoms with van der Waals surface area (Å²) in [5, 5.41) is 1.45. The molecule has 0 saturated carbocycles. The Morgan fingerprint density at radius 1 is 0.767 bits per heavy atom.